The molecule has 0 amide bonds. The number of carboxylic acid groups (broad SMARTS) is 1. The molecule has 0 radical (unpaired) electrons. The van der Waals surface area contributed by atoms with Crippen molar-refractivity contribution in [2.45, 2.75) is 32.6 Å². The molecule has 0 bridgehead atoms. The van der Waals surface area contributed by atoms with Crippen LogP contribution in [0.4, 0.5) is 0 Å². The lowest BCUT2D eigenvalue weighted by Gasteiger charge is -2.27. The van der Waals surface area contributed by atoms with E-state index < -0.39 is 5.97 Å². The molecule has 1 rings (SSSR count). The maximum absolute atomic E-state index is 10.9. The first-order valence-electron chi connectivity index (χ1n) is 5.06. The minimum atomic E-state index is -0.631. The van der Waals surface area contributed by atoms with Crippen LogP contribution in [0.25, 0.3) is 0 Å². The molecule has 1 fully saturated rings. The van der Waals surface area contributed by atoms with Gasteiger partial charge in [-0.05, 0) is 25.2 Å². The average molecular weight is 186 g/mol. The van der Waals surface area contributed by atoms with E-state index in [1.165, 1.54) is 0 Å². The lowest BCUT2D eigenvalue weighted by atomic mass is 9.83. The topological polar surface area (TPSA) is 46.5 Å². The molecule has 1 atom stereocenters. The molecule has 0 aromatic carbocycles. The largest absolute Gasteiger partial charge is 0.481 e. The molecule has 1 aliphatic heterocycles. The number of hydrogen-bond acceptors (Lipinski definition) is 2. The smallest absolute Gasteiger partial charge is 0.306 e. The third-order valence-electron chi connectivity index (χ3n) is 2.75. The average Bonchev–Trinajstić information content (AvgIpc) is 2.15. The van der Waals surface area contributed by atoms with Crippen LogP contribution in [0.2, 0.25) is 0 Å². The second-order valence-electron chi connectivity index (χ2n) is 3.68. The zero-order valence-corrected chi connectivity index (χ0v) is 8.16. The molecule has 0 spiro atoms. The molecule has 76 valence electrons. The summed E-state index contributed by atoms with van der Waals surface area (Å²) in [6.07, 6.45) is 3.59. The number of ether oxygens (including phenoxy) is 1. The Kier molecular flexibility index (Phi) is 4.22. The Bertz CT molecular complexity index is 162. The Morgan fingerprint density at radius 1 is 1.54 bits per heavy atom. The predicted octanol–water partition coefficient (Wildman–Crippen LogP) is 1.91. The summed E-state index contributed by atoms with van der Waals surface area (Å²) in [6.45, 7) is 3.51. The third kappa shape index (κ3) is 2.99. The van der Waals surface area contributed by atoms with Crippen molar-refractivity contribution in [3.8, 4) is 0 Å². The van der Waals surface area contributed by atoms with Gasteiger partial charge < -0.3 is 9.84 Å². The number of aliphatic carboxylic acids is 1. The van der Waals surface area contributed by atoms with Gasteiger partial charge in [0.15, 0.2) is 0 Å². The number of rotatable bonds is 4. The normalized spacial score (nSPS) is 21.3. The van der Waals surface area contributed by atoms with Gasteiger partial charge in [-0.2, -0.15) is 0 Å². The number of hydrogen-bond donors (Lipinski definition) is 1. The van der Waals surface area contributed by atoms with E-state index in [0.717, 1.165) is 38.9 Å². The summed E-state index contributed by atoms with van der Waals surface area (Å²) in [5.74, 6) is -0.436. The SMILES string of the molecule is CCCC(C(=O)O)C1CCOCC1. The Balaban J connectivity index is 2.46. The number of carbonyl (C=O) groups is 1. The maximum atomic E-state index is 10.9. The lowest BCUT2D eigenvalue weighted by Crippen LogP contribution is -2.28. The van der Waals surface area contributed by atoms with Crippen molar-refractivity contribution in [2.24, 2.45) is 11.8 Å². The minimum Gasteiger partial charge on any atom is -0.481 e. The summed E-state index contributed by atoms with van der Waals surface area (Å²) in [7, 11) is 0. The molecule has 0 aliphatic carbocycles. The molecule has 3 heteroatoms. The van der Waals surface area contributed by atoms with E-state index in [1.54, 1.807) is 0 Å². The standard InChI is InChI=1S/C10H18O3/c1-2-3-9(10(11)12)8-4-6-13-7-5-8/h8-9H,2-7H2,1H3,(H,11,12). The Labute approximate surface area is 79.1 Å². The molecule has 1 saturated heterocycles. The summed E-state index contributed by atoms with van der Waals surface area (Å²) in [6, 6.07) is 0. The molecule has 1 aliphatic rings. The summed E-state index contributed by atoms with van der Waals surface area (Å²) >= 11 is 0. The van der Waals surface area contributed by atoms with Crippen molar-refractivity contribution in [1.82, 2.24) is 0 Å². The molecule has 0 saturated carbocycles. The van der Waals surface area contributed by atoms with Crippen LogP contribution < -0.4 is 0 Å². The highest BCUT2D eigenvalue weighted by Crippen LogP contribution is 2.27. The van der Waals surface area contributed by atoms with Crippen LogP contribution in [-0.4, -0.2) is 24.3 Å². The monoisotopic (exact) mass is 186 g/mol. The molecule has 3 nitrogen and oxygen atoms in total. The van der Waals surface area contributed by atoms with Crippen molar-refractivity contribution in [1.29, 1.82) is 0 Å². The van der Waals surface area contributed by atoms with Gasteiger partial charge in [0.25, 0.3) is 0 Å². The van der Waals surface area contributed by atoms with Crippen molar-refractivity contribution in [3.63, 3.8) is 0 Å². The van der Waals surface area contributed by atoms with Crippen LogP contribution in [0, 0.1) is 11.8 Å². The Morgan fingerprint density at radius 2 is 2.15 bits per heavy atom. The van der Waals surface area contributed by atoms with E-state index in [4.69, 9.17) is 9.84 Å². The summed E-state index contributed by atoms with van der Waals surface area (Å²) in [5, 5.41) is 9.02. The zero-order chi connectivity index (χ0) is 9.68. The fourth-order valence-electron chi connectivity index (χ4n) is 1.99. The van der Waals surface area contributed by atoms with Crippen LogP contribution in [0.15, 0.2) is 0 Å². The highest BCUT2D eigenvalue weighted by Gasteiger charge is 2.28. The highest BCUT2D eigenvalue weighted by atomic mass is 16.5. The maximum Gasteiger partial charge on any atom is 0.306 e. The van der Waals surface area contributed by atoms with E-state index >= 15 is 0 Å². The zero-order valence-electron chi connectivity index (χ0n) is 8.16. The molecule has 1 N–H and O–H groups in total. The minimum absolute atomic E-state index is 0.145. The molecule has 1 heterocycles. The number of carboxylic acids is 1. The van der Waals surface area contributed by atoms with Gasteiger partial charge in [0.05, 0.1) is 5.92 Å². The van der Waals surface area contributed by atoms with Gasteiger partial charge in [0, 0.05) is 13.2 Å². The molecule has 0 aromatic rings. The van der Waals surface area contributed by atoms with Crippen molar-refractivity contribution < 1.29 is 14.6 Å². The van der Waals surface area contributed by atoms with E-state index in [0.29, 0.717) is 5.92 Å². The van der Waals surface area contributed by atoms with Gasteiger partial charge >= 0.3 is 5.97 Å². The van der Waals surface area contributed by atoms with E-state index in [9.17, 15) is 4.79 Å². The lowest BCUT2D eigenvalue weighted by molar-refractivity contribution is -0.145. The second-order valence-corrected chi connectivity index (χ2v) is 3.68. The Morgan fingerprint density at radius 3 is 2.62 bits per heavy atom. The fraction of sp³-hybridized carbons (Fsp3) is 0.900. The fourth-order valence-corrected chi connectivity index (χ4v) is 1.99. The van der Waals surface area contributed by atoms with Crippen LogP contribution in [0.1, 0.15) is 32.6 Å². The van der Waals surface area contributed by atoms with E-state index in [1.807, 2.05) is 6.92 Å². The first kappa shape index (κ1) is 10.5. The summed E-state index contributed by atoms with van der Waals surface area (Å²) in [5.41, 5.74) is 0. The second kappa shape index (κ2) is 5.22. The van der Waals surface area contributed by atoms with Crippen LogP contribution in [0.5, 0.6) is 0 Å². The van der Waals surface area contributed by atoms with Gasteiger partial charge in [-0.3, -0.25) is 4.79 Å². The van der Waals surface area contributed by atoms with Crippen LogP contribution in [-0.2, 0) is 9.53 Å². The van der Waals surface area contributed by atoms with Crippen molar-refractivity contribution in [2.75, 3.05) is 13.2 Å². The van der Waals surface area contributed by atoms with Gasteiger partial charge in [-0.15, -0.1) is 0 Å². The van der Waals surface area contributed by atoms with Gasteiger partial charge in [-0.25, -0.2) is 0 Å². The molecular formula is C10H18O3. The summed E-state index contributed by atoms with van der Waals surface area (Å²) in [4.78, 5) is 10.9. The highest BCUT2D eigenvalue weighted by molar-refractivity contribution is 5.70. The molecule has 0 aromatic heterocycles. The molecular weight excluding hydrogens is 168 g/mol. The van der Waals surface area contributed by atoms with Crippen LogP contribution >= 0.6 is 0 Å². The molecule has 13 heavy (non-hydrogen) atoms. The third-order valence-corrected chi connectivity index (χ3v) is 2.75. The summed E-state index contributed by atoms with van der Waals surface area (Å²) < 4.78 is 5.21. The van der Waals surface area contributed by atoms with Crippen molar-refractivity contribution in [3.05, 3.63) is 0 Å². The Hall–Kier alpha value is -0.570. The van der Waals surface area contributed by atoms with Crippen molar-refractivity contribution >= 4 is 5.97 Å². The van der Waals surface area contributed by atoms with E-state index in [2.05, 4.69) is 0 Å². The van der Waals surface area contributed by atoms with Gasteiger partial charge in [0.1, 0.15) is 0 Å². The first-order valence-corrected chi connectivity index (χ1v) is 5.06. The predicted molar refractivity (Wildman–Crippen MR) is 49.6 cm³/mol. The quantitative estimate of drug-likeness (QED) is 0.729. The van der Waals surface area contributed by atoms with E-state index in [-0.39, 0.29) is 5.92 Å². The molecule has 1 unspecified atom stereocenters. The first-order chi connectivity index (χ1) is 6.25. The van der Waals surface area contributed by atoms with Gasteiger partial charge in [-0.1, -0.05) is 13.3 Å². The van der Waals surface area contributed by atoms with Gasteiger partial charge in [0.2, 0.25) is 0 Å². The van der Waals surface area contributed by atoms with Crippen LogP contribution in [0.3, 0.4) is 0 Å².